The van der Waals surface area contributed by atoms with E-state index in [4.69, 9.17) is 27.9 Å². The van der Waals surface area contributed by atoms with Crippen molar-refractivity contribution in [3.05, 3.63) is 78.7 Å². The number of fused-ring (bicyclic) bond motifs is 1. The van der Waals surface area contributed by atoms with Crippen LogP contribution in [0.4, 0.5) is 5.69 Å². The van der Waals surface area contributed by atoms with E-state index >= 15 is 0 Å². The van der Waals surface area contributed by atoms with Crippen LogP contribution in [0, 0.1) is 6.92 Å². The number of hydrogen-bond donors (Lipinski definition) is 1. The van der Waals surface area contributed by atoms with Crippen LogP contribution >= 0.6 is 27.9 Å². The van der Waals surface area contributed by atoms with Gasteiger partial charge in [-0.05, 0) is 22.5 Å². The first-order valence-corrected chi connectivity index (χ1v) is 13.4. The molecule has 0 unspecified atom stereocenters. The van der Waals surface area contributed by atoms with Crippen molar-refractivity contribution in [1.82, 2.24) is 0 Å². The first kappa shape index (κ1) is 19.2. The van der Waals surface area contributed by atoms with Gasteiger partial charge in [0.25, 0.3) is 0 Å². The van der Waals surface area contributed by atoms with Crippen molar-refractivity contribution in [2.45, 2.75) is 0 Å². The molecule has 0 atom stereocenters. The quantitative estimate of drug-likeness (QED) is 0.288. The van der Waals surface area contributed by atoms with Gasteiger partial charge in [-0.25, -0.2) is 0 Å². The minimum absolute atomic E-state index is 0.231. The molecule has 0 heterocycles. The molecule has 6 heteroatoms. The Bertz CT molecular complexity index is 850. The van der Waals surface area contributed by atoms with Gasteiger partial charge >= 0.3 is 42.6 Å². The van der Waals surface area contributed by atoms with E-state index in [1.165, 1.54) is 0 Å². The SMILES string of the molecule is [CH2-]c1ccccc1N=Cc1c(O)ccc2ccccc12.[Cl][Ti+]([Cl])[Cl]. The van der Waals surface area contributed by atoms with Crippen LogP contribution in [0.15, 0.2) is 65.7 Å². The maximum absolute atomic E-state index is 10.0. The predicted octanol–water partition coefficient (Wildman–Crippen LogP) is 6.54. The monoisotopic (exact) mass is 413 g/mol. The van der Waals surface area contributed by atoms with Gasteiger partial charge in [0, 0.05) is 11.8 Å². The first-order valence-electron chi connectivity index (χ1n) is 6.98. The number of rotatable bonds is 2. The Morgan fingerprint density at radius 2 is 1.54 bits per heavy atom. The summed E-state index contributed by atoms with van der Waals surface area (Å²) in [4.78, 5) is 4.44. The van der Waals surface area contributed by atoms with E-state index in [1.807, 2.05) is 54.6 Å². The summed E-state index contributed by atoms with van der Waals surface area (Å²) in [7, 11) is 14.9. The fourth-order valence-corrected chi connectivity index (χ4v) is 2.19. The number of phenols is 1. The van der Waals surface area contributed by atoms with Crippen LogP contribution in [-0.4, -0.2) is 11.3 Å². The molecule has 122 valence electrons. The van der Waals surface area contributed by atoms with Crippen LogP contribution in [0.1, 0.15) is 11.1 Å². The number of aromatic hydroxyl groups is 1. The van der Waals surface area contributed by atoms with E-state index in [0.29, 0.717) is 0 Å². The topological polar surface area (TPSA) is 32.6 Å². The summed E-state index contributed by atoms with van der Waals surface area (Å²) in [5, 5.41) is 12.1. The zero-order chi connectivity index (χ0) is 17.5. The van der Waals surface area contributed by atoms with Crippen molar-refractivity contribution in [2.75, 3.05) is 0 Å². The van der Waals surface area contributed by atoms with Gasteiger partial charge in [0.15, 0.2) is 0 Å². The Balaban J connectivity index is 0.000000471. The summed E-state index contributed by atoms with van der Waals surface area (Å²) < 4.78 is 0. The Morgan fingerprint density at radius 3 is 2.25 bits per heavy atom. The molecular formula is C18H14Cl3NOTi. The molecule has 0 aromatic heterocycles. The molecule has 0 aliphatic rings. The normalized spacial score (nSPS) is 10.5. The van der Waals surface area contributed by atoms with Crippen molar-refractivity contribution in [2.24, 2.45) is 4.99 Å². The van der Waals surface area contributed by atoms with E-state index in [1.54, 1.807) is 12.3 Å². The first-order chi connectivity index (χ1) is 11.5. The molecule has 0 bridgehead atoms. The zero-order valence-electron chi connectivity index (χ0n) is 12.6. The molecule has 0 fully saturated rings. The van der Waals surface area contributed by atoms with Crippen molar-refractivity contribution in [1.29, 1.82) is 0 Å². The van der Waals surface area contributed by atoms with Crippen molar-refractivity contribution >= 4 is 50.6 Å². The van der Waals surface area contributed by atoms with Crippen LogP contribution in [0.5, 0.6) is 5.75 Å². The number of phenolic OH excluding ortho intramolecular Hbond substituents is 1. The van der Waals surface area contributed by atoms with Crippen molar-refractivity contribution < 1.29 is 19.8 Å². The van der Waals surface area contributed by atoms with Crippen LogP contribution in [0.25, 0.3) is 10.8 Å². The summed E-state index contributed by atoms with van der Waals surface area (Å²) in [6, 6.07) is 19.2. The second-order valence-corrected chi connectivity index (χ2v) is 12.6. The van der Waals surface area contributed by atoms with Crippen LogP contribution in [0.2, 0.25) is 0 Å². The molecule has 0 aliphatic heterocycles. The Kier molecular flexibility index (Phi) is 7.48. The number of aliphatic imine (C=N–C) groups is 1. The van der Waals surface area contributed by atoms with Crippen molar-refractivity contribution in [3.8, 4) is 5.75 Å². The fourth-order valence-electron chi connectivity index (χ4n) is 2.19. The van der Waals surface area contributed by atoms with Gasteiger partial charge in [-0.1, -0.05) is 42.5 Å². The Labute approximate surface area is 159 Å². The molecule has 0 aliphatic carbocycles. The average Bonchev–Trinajstić information content (AvgIpc) is 2.55. The third kappa shape index (κ3) is 5.44. The maximum atomic E-state index is 10.0. The average molecular weight is 415 g/mol. The number of hydrogen-bond acceptors (Lipinski definition) is 2. The van der Waals surface area contributed by atoms with Gasteiger partial charge in [0.1, 0.15) is 5.75 Å². The number of benzene rings is 3. The second-order valence-electron chi connectivity index (χ2n) is 4.82. The number of nitrogens with zero attached hydrogens (tertiary/aromatic N) is 1. The van der Waals surface area contributed by atoms with E-state index in [2.05, 4.69) is 11.9 Å². The molecule has 1 N–H and O–H groups in total. The number of halogens is 3. The standard InChI is InChI=1S/C18H14NO.3ClH.Ti/c1-13-6-2-5-9-17(13)19-12-16-15-8-4-3-7-14(15)10-11-18(16)20;;;;/h2-12,20H,1H2;3*1H;/q-1;;;;+4/p-3. The molecule has 0 amide bonds. The summed E-state index contributed by atoms with van der Waals surface area (Å²) in [6.07, 6.45) is 1.70. The van der Waals surface area contributed by atoms with Gasteiger partial charge in [0.05, 0.1) is 0 Å². The predicted molar refractivity (Wildman–Crippen MR) is 101 cm³/mol. The zero-order valence-corrected chi connectivity index (χ0v) is 16.4. The molecule has 24 heavy (non-hydrogen) atoms. The van der Waals surface area contributed by atoms with Gasteiger partial charge in [0.2, 0.25) is 0 Å². The van der Waals surface area contributed by atoms with Crippen LogP contribution < -0.4 is 0 Å². The molecule has 2 nitrogen and oxygen atoms in total. The molecule has 0 saturated carbocycles. The molecule has 0 radical (unpaired) electrons. The molecule has 0 saturated heterocycles. The summed E-state index contributed by atoms with van der Waals surface area (Å²) in [6.45, 7) is 3.94. The Morgan fingerprint density at radius 1 is 0.917 bits per heavy atom. The second kappa shape index (κ2) is 9.36. The van der Waals surface area contributed by atoms with Crippen molar-refractivity contribution in [3.63, 3.8) is 0 Å². The minimum atomic E-state index is -1.92. The van der Waals surface area contributed by atoms with Crippen LogP contribution in [0.3, 0.4) is 0 Å². The van der Waals surface area contributed by atoms with Crippen LogP contribution in [-0.2, 0) is 14.7 Å². The van der Waals surface area contributed by atoms with Gasteiger partial charge < -0.3 is 10.1 Å². The summed E-state index contributed by atoms with van der Waals surface area (Å²) in [5.74, 6) is 0.231. The summed E-state index contributed by atoms with van der Waals surface area (Å²) >= 11 is -1.92. The Hall–Kier alpha value is -1.16. The molecule has 3 rings (SSSR count). The summed E-state index contributed by atoms with van der Waals surface area (Å²) in [5.41, 5.74) is 2.40. The van der Waals surface area contributed by atoms with Gasteiger partial charge in [-0.15, -0.1) is 6.07 Å². The molecule has 3 aromatic carbocycles. The molecule has 3 aromatic rings. The fraction of sp³-hybridized carbons (Fsp3) is 0. The van der Waals surface area contributed by atoms with E-state index in [0.717, 1.165) is 27.6 Å². The van der Waals surface area contributed by atoms with Gasteiger partial charge in [-0.3, -0.25) is 0 Å². The molecular weight excluding hydrogens is 400 g/mol. The third-order valence-corrected chi connectivity index (χ3v) is 3.27. The third-order valence-electron chi connectivity index (χ3n) is 3.27. The van der Waals surface area contributed by atoms with E-state index in [9.17, 15) is 5.11 Å². The van der Waals surface area contributed by atoms with Gasteiger partial charge in [-0.2, -0.15) is 18.6 Å². The van der Waals surface area contributed by atoms with E-state index < -0.39 is 14.7 Å². The number of para-hydroxylation sites is 1. The molecule has 0 spiro atoms. The van der Waals surface area contributed by atoms with E-state index in [-0.39, 0.29) is 5.75 Å².